The number of rotatable bonds is 4. The molecule has 0 amide bonds. The third-order valence-corrected chi connectivity index (χ3v) is 4.52. The molecule has 0 fully saturated rings. The molecule has 2 N–H and O–H groups in total. The maximum absolute atomic E-state index is 5.16. The fourth-order valence-electron chi connectivity index (χ4n) is 1.90. The Morgan fingerprint density at radius 2 is 2.05 bits per heavy atom. The highest BCUT2D eigenvalue weighted by molar-refractivity contribution is 9.11. The molecule has 1 aliphatic rings. The lowest BCUT2D eigenvalue weighted by molar-refractivity contribution is 0.288. The van der Waals surface area contributed by atoms with Gasteiger partial charge >= 0.3 is 0 Å². The van der Waals surface area contributed by atoms with Crippen LogP contribution in [0.2, 0.25) is 0 Å². The van der Waals surface area contributed by atoms with Crippen molar-refractivity contribution in [3.8, 4) is 5.75 Å². The predicted molar refractivity (Wildman–Crippen MR) is 83.4 cm³/mol. The molecule has 0 radical (unpaired) electrons. The van der Waals surface area contributed by atoms with Crippen molar-refractivity contribution in [1.82, 2.24) is 16.1 Å². The number of benzene rings is 1. The molecule has 0 saturated carbocycles. The lowest BCUT2D eigenvalue weighted by Gasteiger charge is -2.18. The summed E-state index contributed by atoms with van der Waals surface area (Å²) in [6.45, 7) is 0.714. The number of halogens is 1. The van der Waals surface area contributed by atoms with Crippen LogP contribution in [0.15, 0.2) is 45.3 Å². The zero-order chi connectivity index (χ0) is 13.9. The van der Waals surface area contributed by atoms with E-state index in [1.807, 2.05) is 41.4 Å². The van der Waals surface area contributed by atoms with Crippen LogP contribution in [0.1, 0.15) is 10.4 Å². The largest absolute Gasteiger partial charge is 0.497 e. The van der Waals surface area contributed by atoms with Crippen LogP contribution in [0.25, 0.3) is 0 Å². The molecule has 2 heterocycles. The zero-order valence-corrected chi connectivity index (χ0v) is 13.2. The summed E-state index contributed by atoms with van der Waals surface area (Å²) in [5, 5.41) is 6.25. The molecule has 1 aliphatic heterocycles. The molecule has 1 aromatic carbocycles. The molecule has 104 valence electrons. The maximum atomic E-state index is 5.16. The molecule has 0 saturated heterocycles. The molecule has 1 aromatic heterocycles. The Hall–Kier alpha value is -1.57. The lowest BCUT2D eigenvalue weighted by atomic mass is 10.2. The lowest BCUT2D eigenvalue weighted by Crippen LogP contribution is -2.40. The number of nitrogens with one attached hydrogen (secondary N) is 2. The van der Waals surface area contributed by atoms with E-state index in [1.54, 1.807) is 18.4 Å². The SMILES string of the molecule is COc1ccc(CN2NNN=C2c2ccc(Br)s2)cc1. The van der Waals surface area contributed by atoms with Gasteiger partial charge in [-0.15, -0.1) is 22.0 Å². The first-order valence-corrected chi connectivity index (χ1v) is 7.62. The first kappa shape index (κ1) is 13.4. The second-order valence-electron chi connectivity index (χ2n) is 4.20. The fourth-order valence-corrected chi connectivity index (χ4v) is 3.29. The van der Waals surface area contributed by atoms with E-state index in [2.05, 4.69) is 32.1 Å². The number of hydrazone groups is 1. The Bertz CT molecular complexity index is 626. The second-order valence-corrected chi connectivity index (χ2v) is 6.66. The Morgan fingerprint density at radius 3 is 2.70 bits per heavy atom. The first-order chi connectivity index (χ1) is 9.76. The van der Waals surface area contributed by atoms with Gasteiger partial charge in [0.1, 0.15) is 5.75 Å². The minimum atomic E-state index is 0.714. The third-order valence-electron chi connectivity index (χ3n) is 2.90. The van der Waals surface area contributed by atoms with Crippen LogP contribution in [0.4, 0.5) is 0 Å². The molecule has 0 atom stereocenters. The van der Waals surface area contributed by atoms with E-state index in [9.17, 15) is 0 Å². The number of nitrogens with zero attached hydrogens (tertiary/aromatic N) is 2. The van der Waals surface area contributed by atoms with Gasteiger partial charge in [0, 0.05) is 0 Å². The number of methoxy groups -OCH3 is 1. The van der Waals surface area contributed by atoms with E-state index in [4.69, 9.17) is 4.74 Å². The highest BCUT2D eigenvalue weighted by atomic mass is 79.9. The number of hydrogen-bond acceptors (Lipinski definition) is 6. The Labute approximate surface area is 129 Å². The van der Waals surface area contributed by atoms with Gasteiger partial charge in [-0.1, -0.05) is 12.1 Å². The number of hydrogen-bond donors (Lipinski definition) is 2. The molecule has 7 heteroatoms. The monoisotopic (exact) mass is 352 g/mol. The van der Waals surface area contributed by atoms with E-state index in [1.165, 1.54) is 5.56 Å². The summed E-state index contributed by atoms with van der Waals surface area (Å²) in [5.74, 6) is 1.74. The van der Waals surface area contributed by atoms with Crippen molar-refractivity contribution in [1.29, 1.82) is 0 Å². The minimum Gasteiger partial charge on any atom is -0.497 e. The van der Waals surface area contributed by atoms with E-state index in [0.717, 1.165) is 20.2 Å². The standard InChI is InChI=1S/C13H13BrN4OS/c1-19-10-4-2-9(3-5-10)8-18-13(15-16-17-18)11-6-7-12(14)20-11/h2-7,16-17H,8H2,1H3. The van der Waals surface area contributed by atoms with Crippen LogP contribution < -0.4 is 15.8 Å². The van der Waals surface area contributed by atoms with Crippen molar-refractivity contribution in [2.75, 3.05) is 7.11 Å². The van der Waals surface area contributed by atoms with Gasteiger partial charge in [-0.25, -0.2) is 5.53 Å². The predicted octanol–water partition coefficient (Wildman–Crippen LogP) is 2.71. The van der Waals surface area contributed by atoms with E-state index in [0.29, 0.717) is 6.54 Å². The number of amidine groups is 1. The van der Waals surface area contributed by atoms with Crippen LogP contribution in [0.3, 0.4) is 0 Å². The molecule has 3 rings (SSSR count). The highest BCUT2D eigenvalue weighted by Crippen LogP contribution is 2.24. The summed E-state index contributed by atoms with van der Waals surface area (Å²) in [5.41, 5.74) is 7.01. The van der Waals surface area contributed by atoms with Crippen LogP contribution >= 0.6 is 27.3 Å². The van der Waals surface area contributed by atoms with Crippen LogP contribution in [-0.2, 0) is 6.54 Å². The maximum Gasteiger partial charge on any atom is 0.183 e. The first-order valence-electron chi connectivity index (χ1n) is 6.01. The molecule has 20 heavy (non-hydrogen) atoms. The molecule has 0 unspecified atom stereocenters. The number of hydrazine groups is 2. The summed E-state index contributed by atoms with van der Waals surface area (Å²) in [6.07, 6.45) is 0. The van der Waals surface area contributed by atoms with E-state index >= 15 is 0 Å². The Morgan fingerprint density at radius 1 is 1.25 bits per heavy atom. The molecular formula is C13H13BrN4OS. The van der Waals surface area contributed by atoms with Crippen molar-refractivity contribution in [2.24, 2.45) is 5.10 Å². The minimum absolute atomic E-state index is 0.714. The van der Waals surface area contributed by atoms with Gasteiger partial charge in [-0.2, -0.15) is 0 Å². The molecule has 0 spiro atoms. The van der Waals surface area contributed by atoms with Crippen molar-refractivity contribution in [3.05, 3.63) is 50.6 Å². The van der Waals surface area contributed by atoms with Crippen LogP contribution in [-0.4, -0.2) is 18.0 Å². The smallest absolute Gasteiger partial charge is 0.183 e. The van der Waals surface area contributed by atoms with Crippen molar-refractivity contribution >= 4 is 33.1 Å². The topological polar surface area (TPSA) is 48.9 Å². The number of thiophene rings is 1. The van der Waals surface area contributed by atoms with Crippen LogP contribution in [0.5, 0.6) is 5.75 Å². The van der Waals surface area contributed by atoms with Gasteiger partial charge in [0.2, 0.25) is 0 Å². The summed E-state index contributed by atoms with van der Waals surface area (Å²) in [7, 11) is 1.67. The summed E-state index contributed by atoms with van der Waals surface area (Å²) in [6, 6.07) is 12.1. The van der Waals surface area contributed by atoms with Gasteiger partial charge in [0.15, 0.2) is 5.84 Å². The van der Waals surface area contributed by atoms with Crippen LogP contribution in [0, 0.1) is 0 Å². The van der Waals surface area contributed by atoms with Gasteiger partial charge in [-0.3, -0.25) is 5.01 Å². The zero-order valence-electron chi connectivity index (χ0n) is 10.8. The average molecular weight is 353 g/mol. The van der Waals surface area contributed by atoms with E-state index < -0.39 is 0 Å². The summed E-state index contributed by atoms with van der Waals surface area (Å²) >= 11 is 5.12. The molecule has 2 aromatic rings. The molecular weight excluding hydrogens is 340 g/mol. The van der Waals surface area contributed by atoms with Gasteiger partial charge < -0.3 is 4.74 Å². The number of ether oxygens (including phenoxy) is 1. The Balaban J connectivity index is 1.75. The summed E-state index contributed by atoms with van der Waals surface area (Å²) in [4.78, 5) is 1.10. The highest BCUT2D eigenvalue weighted by Gasteiger charge is 2.20. The van der Waals surface area contributed by atoms with Crippen molar-refractivity contribution < 1.29 is 4.74 Å². The average Bonchev–Trinajstić information content (AvgIpc) is 3.08. The van der Waals surface area contributed by atoms with Gasteiger partial charge in [-0.05, 0) is 45.8 Å². The molecule has 0 bridgehead atoms. The second kappa shape index (κ2) is 5.82. The van der Waals surface area contributed by atoms with Crippen molar-refractivity contribution in [3.63, 3.8) is 0 Å². The van der Waals surface area contributed by atoms with Gasteiger partial charge in [0.05, 0.1) is 22.3 Å². The normalized spacial score (nSPS) is 14.1. The fraction of sp³-hybridized carbons (Fsp3) is 0.154. The third kappa shape index (κ3) is 2.79. The quantitative estimate of drug-likeness (QED) is 0.888. The molecule has 5 nitrogen and oxygen atoms in total. The van der Waals surface area contributed by atoms with Crippen molar-refractivity contribution in [2.45, 2.75) is 6.54 Å². The molecule has 0 aliphatic carbocycles. The summed E-state index contributed by atoms with van der Waals surface area (Å²) < 4.78 is 6.25. The van der Waals surface area contributed by atoms with Gasteiger partial charge in [0.25, 0.3) is 0 Å². The van der Waals surface area contributed by atoms with E-state index in [-0.39, 0.29) is 0 Å². The Kier molecular flexibility index (Phi) is 3.90.